The molecule has 0 saturated heterocycles. The van der Waals surface area contributed by atoms with Crippen LogP contribution in [0.25, 0.3) is 0 Å². The number of aryl methyl sites for hydroxylation is 1. The van der Waals surface area contributed by atoms with Gasteiger partial charge in [0, 0.05) is 11.1 Å². The summed E-state index contributed by atoms with van der Waals surface area (Å²) in [6, 6.07) is 21.1. The topological polar surface area (TPSA) is 26.3 Å². The molecule has 0 aromatic heterocycles. The lowest BCUT2D eigenvalue weighted by atomic mass is 10.0. The molecule has 124 valence electrons. The third-order valence-electron chi connectivity index (χ3n) is 4.58. The van der Waals surface area contributed by atoms with Crippen LogP contribution in [0.15, 0.2) is 72.8 Å². The van der Waals surface area contributed by atoms with Crippen molar-refractivity contribution in [2.75, 3.05) is 0 Å². The molecule has 1 atom stereocenters. The Balaban J connectivity index is 1.49. The van der Waals surface area contributed by atoms with Crippen molar-refractivity contribution in [1.82, 2.24) is 0 Å². The Morgan fingerprint density at radius 2 is 1.52 bits per heavy atom. The number of carbonyl (C=O) groups is 1. The summed E-state index contributed by atoms with van der Waals surface area (Å²) < 4.78 is 19.1. The van der Waals surface area contributed by atoms with E-state index in [1.54, 1.807) is 12.1 Å². The van der Waals surface area contributed by atoms with E-state index in [2.05, 4.69) is 18.2 Å². The molecule has 0 fully saturated rings. The summed E-state index contributed by atoms with van der Waals surface area (Å²) in [5, 5.41) is 0. The van der Waals surface area contributed by atoms with Crippen LogP contribution in [-0.2, 0) is 6.42 Å². The maximum atomic E-state index is 13.0. The quantitative estimate of drug-likeness (QED) is 0.620. The lowest BCUT2D eigenvalue weighted by Crippen LogP contribution is -2.04. The molecular weight excluding hydrogens is 315 g/mol. The molecule has 0 radical (unpaired) electrons. The van der Waals surface area contributed by atoms with Crippen molar-refractivity contribution in [3.05, 3.63) is 101 Å². The van der Waals surface area contributed by atoms with Crippen molar-refractivity contribution in [2.45, 2.75) is 18.9 Å². The molecule has 0 N–H and O–H groups in total. The van der Waals surface area contributed by atoms with Crippen LogP contribution in [0.5, 0.6) is 5.75 Å². The van der Waals surface area contributed by atoms with Crippen LogP contribution in [0.2, 0.25) is 0 Å². The minimum absolute atomic E-state index is 0.0647. The fraction of sp³-hybridized carbons (Fsp3) is 0.136. The van der Waals surface area contributed by atoms with E-state index in [1.807, 2.05) is 18.2 Å². The van der Waals surface area contributed by atoms with Crippen LogP contribution >= 0.6 is 0 Å². The van der Waals surface area contributed by atoms with Gasteiger partial charge in [0.25, 0.3) is 0 Å². The van der Waals surface area contributed by atoms with E-state index in [-0.39, 0.29) is 17.7 Å². The molecule has 3 aromatic rings. The number of ether oxygens (including phenoxy) is 1. The maximum absolute atomic E-state index is 13.0. The highest BCUT2D eigenvalue weighted by molar-refractivity contribution is 6.08. The van der Waals surface area contributed by atoms with Gasteiger partial charge in [-0.15, -0.1) is 0 Å². The molecule has 0 heterocycles. The Hall–Kier alpha value is -2.94. The van der Waals surface area contributed by atoms with E-state index in [0.717, 1.165) is 18.6 Å². The predicted octanol–water partition coefficient (Wildman–Crippen LogP) is 5.12. The maximum Gasteiger partial charge on any atom is 0.193 e. The van der Waals surface area contributed by atoms with Crippen molar-refractivity contribution in [1.29, 1.82) is 0 Å². The highest BCUT2D eigenvalue weighted by Crippen LogP contribution is 2.34. The van der Waals surface area contributed by atoms with Crippen molar-refractivity contribution < 1.29 is 13.9 Å². The van der Waals surface area contributed by atoms with Gasteiger partial charge >= 0.3 is 0 Å². The molecule has 25 heavy (non-hydrogen) atoms. The van der Waals surface area contributed by atoms with Gasteiger partial charge in [0.05, 0.1) is 0 Å². The van der Waals surface area contributed by atoms with Crippen molar-refractivity contribution >= 4 is 5.78 Å². The molecule has 0 saturated carbocycles. The normalized spacial score (nSPS) is 15.6. The van der Waals surface area contributed by atoms with E-state index in [0.29, 0.717) is 11.1 Å². The Kier molecular flexibility index (Phi) is 4.06. The predicted molar refractivity (Wildman–Crippen MR) is 94.4 cm³/mol. The van der Waals surface area contributed by atoms with Gasteiger partial charge in [-0.3, -0.25) is 4.79 Å². The Morgan fingerprint density at radius 1 is 0.880 bits per heavy atom. The largest absolute Gasteiger partial charge is 0.486 e. The number of hydrogen-bond donors (Lipinski definition) is 0. The zero-order valence-electron chi connectivity index (χ0n) is 13.6. The lowest BCUT2D eigenvalue weighted by Gasteiger charge is -2.15. The summed E-state index contributed by atoms with van der Waals surface area (Å²) in [6.45, 7) is 0. The lowest BCUT2D eigenvalue weighted by molar-refractivity contribution is 0.103. The molecule has 3 heteroatoms. The highest BCUT2D eigenvalue weighted by atomic mass is 19.1. The molecule has 0 amide bonds. The van der Waals surface area contributed by atoms with Crippen LogP contribution in [0.3, 0.4) is 0 Å². The fourth-order valence-corrected chi connectivity index (χ4v) is 3.26. The first kappa shape index (κ1) is 15.6. The molecule has 2 nitrogen and oxygen atoms in total. The first-order valence-electron chi connectivity index (χ1n) is 8.35. The van der Waals surface area contributed by atoms with E-state index in [4.69, 9.17) is 4.74 Å². The SMILES string of the molecule is O=C(c1ccc(F)cc1)c1ccc(OC2CCc3ccccc32)cc1. The van der Waals surface area contributed by atoms with E-state index < -0.39 is 0 Å². The molecule has 1 unspecified atom stereocenters. The number of hydrogen-bond acceptors (Lipinski definition) is 2. The highest BCUT2D eigenvalue weighted by Gasteiger charge is 2.23. The minimum Gasteiger partial charge on any atom is -0.486 e. The third kappa shape index (κ3) is 3.18. The Morgan fingerprint density at radius 3 is 2.24 bits per heavy atom. The summed E-state index contributed by atoms with van der Waals surface area (Å²) in [7, 11) is 0. The Labute approximate surface area is 145 Å². The van der Waals surface area contributed by atoms with Crippen molar-refractivity contribution in [3.8, 4) is 5.75 Å². The van der Waals surface area contributed by atoms with Gasteiger partial charge in [-0.05, 0) is 72.5 Å². The molecule has 4 rings (SSSR count). The molecule has 0 bridgehead atoms. The minimum atomic E-state index is -0.350. The summed E-state index contributed by atoms with van der Waals surface area (Å²) >= 11 is 0. The molecular formula is C22H17FO2. The zero-order chi connectivity index (χ0) is 17.2. The zero-order valence-corrected chi connectivity index (χ0v) is 13.6. The first-order chi connectivity index (χ1) is 12.2. The number of carbonyl (C=O) groups excluding carboxylic acids is 1. The number of halogens is 1. The van der Waals surface area contributed by atoms with Crippen molar-refractivity contribution in [3.63, 3.8) is 0 Å². The number of benzene rings is 3. The van der Waals surface area contributed by atoms with Gasteiger partial charge in [-0.1, -0.05) is 24.3 Å². The van der Waals surface area contributed by atoms with Gasteiger partial charge in [-0.2, -0.15) is 0 Å². The molecule has 0 aliphatic heterocycles. The number of fused-ring (bicyclic) bond motifs is 1. The van der Waals surface area contributed by atoms with Gasteiger partial charge in [0.2, 0.25) is 0 Å². The van der Waals surface area contributed by atoms with E-state index >= 15 is 0 Å². The second-order valence-electron chi connectivity index (χ2n) is 6.20. The molecule has 3 aromatic carbocycles. The van der Waals surface area contributed by atoms with Gasteiger partial charge in [-0.25, -0.2) is 4.39 Å². The van der Waals surface area contributed by atoms with Crippen molar-refractivity contribution in [2.24, 2.45) is 0 Å². The first-order valence-corrected chi connectivity index (χ1v) is 8.35. The van der Waals surface area contributed by atoms with Crippen LogP contribution < -0.4 is 4.74 Å². The average Bonchev–Trinajstić information content (AvgIpc) is 3.06. The Bertz CT molecular complexity index is 898. The number of rotatable bonds is 4. The monoisotopic (exact) mass is 332 g/mol. The average molecular weight is 332 g/mol. The summed E-state index contributed by atoms with van der Waals surface area (Å²) in [5.74, 6) is 0.271. The van der Waals surface area contributed by atoms with E-state index in [9.17, 15) is 9.18 Å². The van der Waals surface area contributed by atoms with Crippen LogP contribution in [-0.4, -0.2) is 5.78 Å². The molecule has 0 spiro atoms. The van der Waals surface area contributed by atoms with Crippen LogP contribution in [0.1, 0.15) is 39.6 Å². The number of ketones is 1. The summed E-state index contributed by atoms with van der Waals surface area (Å²) in [5.41, 5.74) is 3.62. The standard InChI is InChI=1S/C22H17FO2/c23-18-10-5-16(6-11-18)22(24)17-7-12-19(13-8-17)25-21-14-9-15-3-1-2-4-20(15)21/h1-8,10-13,21H,9,14H2. The second kappa shape index (κ2) is 6.52. The fourth-order valence-electron chi connectivity index (χ4n) is 3.26. The summed E-state index contributed by atoms with van der Waals surface area (Å²) in [4.78, 5) is 12.4. The van der Waals surface area contributed by atoms with E-state index in [1.165, 1.54) is 35.4 Å². The second-order valence-corrected chi connectivity index (χ2v) is 6.20. The van der Waals surface area contributed by atoms with Crippen LogP contribution in [0, 0.1) is 5.82 Å². The molecule has 1 aliphatic carbocycles. The van der Waals surface area contributed by atoms with Gasteiger partial charge in [0.15, 0.2) is 5.78 Å². The van der Waals surface area contributed by atoms with Gasteiger partial charge < -0.3 is 4.74 Å². The van der Waals surface area contributed by atoms with Gasteiger partial charge in [0.1, 0.15) is 17.7 Å². The summed E-state index contributed by atoms with van der Waals surface area (Å²) in [6.07, 6.45) is 2.06. The smallest absolute Gasteiger partial charge is 0.193 e. The van der Waals surface area contributed by atoms with Crippen LogP contribution in [0.4, 0.5) is 4.39 Å². The third-order valence-corrected chi connectivity index (χ3v) is 4.58. The molecule has 1 aliphatic rings.